The molecule has 0 aliphatic heterocycles. The maximum atomic E-state index is 12.9. The number of alkyl halides is 6. The second-order valence-corrected chi connectivity index (χ2v) is 6.08. The van der Waals surface area contributed by atoms with Gasteiger partial charge in [0.1, 0.15) is 0 Å². The van der Waals surface area contributed by atoms with E-state index in [1.165, 1.54) is 7.11 Å². The molecule has 0 aliphatic rings. The summed E-state index contributed by atoms with van der Waals surface area (Å²) in [5.41, 5.74) is -6.08. The predicted octanol–water partition coefficient (Wildman–Crippen LogP) is 4.74. The third kappa shape index (κ3) is 3.81. The third-order valence-corrected chi connectivity index (χ3v) is 4.17. The number of hydrogen-bond acceptors (Lipinski definition) is 3. The molecular formula is C11H16F6O2S. The molecule has 9 heteroatoms. The molecule has 20 heavy (non-hydrogen) atoms. The molecule has 0 rings (SSSR count). The first kappa shape index (κ1) is 19.6. The number of carbonyl (C=O) groups excluding carboxylic acids is 1. The molecule has 0 aromatic rings. The molecular weight excluding hydrogens is 310 g/mol. The highest BCUT2D eigenvalue weighted by atomic mass is 32.2. The van der Waals surface area contributed by atoms with E-state index in [-0.39, 0.29) is 6.92 Å². The molecule has 0 heterocycles. The molecule has 120 valence electrons. The van der Waals surface area contributed by atoms with E-state index in [9.17, 15) is 31.1 Å². The van der Waals surface area contributed by atoms with E-state index < -0.39 is 41.1 Å². The van der Waals surface area contributed by atoms with Crippen LogP contribution < -0.4 is 0 Å². The Kier molecular flexibility index (Phi) is 5.99. The first-order chi connectivity index (χ1) is 8.70. The minimum absolute atomic E-state index is 0.126. The monoisotopic (exact) mass is 326 g/mol. The van der Waals surface area contributed by atoms with Gasteiger partial charge in [-0.25, -0.2) is 0 Å². The Balaban J connectivity index is 5.33. The Morgan fingerprint density at radius 2 is 1.40 bits per heavy atom. The van der Waals surface area contributed by atoms with Gasteiger partial charge < -0.3 is 4.18 Å². The maximum Gasteiger partial charge on any atom is 0.403 e. The molecule has 0 spiro atoms. The van der Waals surface area contributed by atoms with Crippen LogP contribution in [0.3, 0.4) is 0 Å². The molecule has 0 radical (unpaired) electrons. The number of rotatable bonds is 5. The summed E-state index contributed by atoms with van der Waals surface area (Å²) in [6, 6.07) is 0. The molecule has 0 aromatic carbocycles. The highest BCUT2D eigenvalue weighted by Crippen LogP contribution is 2.61. The highest BCUT2D eigenvalue weighted by Gasteiger charge is 2.73. The summed E-state index contributed by atoms with van der Waals surface area (Å²) in [6.07, 6.45) is -11.9. The second-order valence-electron chi connectivity index (χ2n) is 5.13. The molecule has 0 unspecified atom stereocenters. The Morgan fingerprint density at radius 1 is 1.00 bits per heavy atom. The lowest BCUT2D eigenvalue weighted by Gasteiger charge is -2.46. The van der Waals surface area contributed by atoms with Crippen molar-refractivity contribution in [3.05, 3.63) is 0 Å². The van der Waals surface area contributed by atoms with Gasteiger partial charge in [-0.05, 0) is 18.8 Å². The molecule has 0 saturated heterocycles. The summed E-state index contributed by atoms with van der Waals surface area (Å²) in [5.74, 6) is 0. The maximum absolute atomic E-state index is 12.9. The topological polar surface area (TPSA) is 26.3 Å². The highest BCUT2D eigenvalue weighted by molar-refractivity contribution is 8.09. The van der Waals surface area contributed by atoms with Crippen LogP contribution in [0, 0.1) is 10.8 Å². The van der Waals surface area contributed by atoms with Gasteiger partial charge in [0.05, 0.1) is 19.2 Å². The Hall–Kier alpha value is -0.440. The van der Waals surface area contributed by atoms with E-state index in [1.54, 1.807) is 0 Å². The van der Waals surface area contributed by atoms with Crippen LogP contribution in [0.25, 0.3) is 0 Å². The van der Waals surface area contributed by atoms with Gasteiger partial charge >= 0.3 is 12.4 Å². The minimum Gasteiger partial charge on any atom is -0.311 e. The summed E-state index contributed by atoms with van der Waals surface area (Å²) in [7, 11) is 1.18. The largest absolute Gasteiger partial charge is 0.403 e. The van der Waals surface area contributed by atoms with Crippen molar-refractivity contribution in [1.29, 1.82) is 0 Å². The molecule has 0 bridgehead atoms. The Labute approximate surface area is 117 Å². The minimum atomic E-state index is -5.47. The summed E-state index contributed by atoms with van der Waals surface area (Å²) in [6.45, 7) is 1.85. The predicted molar refractivity (Wildman–Crippen MR) is 62.8 cm³/mol. The van der Waals surface area contributed by atoms with Crippen LogP contribution in [0.1, 0.15) is 33.6 Å². The van der Waals surface area contributed by atoms with Crippen molar-refractivity contribution >= 4 is 17.2 Å². The number of halogens is 6. The average Bonchev–Trinajstić information content (AvgIpc) is 2.22. The van der Waals surface area contributed by atoms with Gasteiger partial charge in [-0.1, -0.05) is 13.8 Å². The smallest absolute Gasteiger partial charge is 0.311 e. The van der Waals surface area contributed by atoms with Crippen LogP contribution in [-0.2, 0) is 8.98 Å². The molecule has 0 saturated carbocycles. The Bertz CT molecular complexity index is 334. The van der Waals surface area contributed by atoms with E-state index in [4.69, 9.17) is 0 Å². The van der Waals surface area contributed by atoms with Crippen molar-refractivity contribution in [2.24, 2.45) is 10.8 Å². The normalized spacial score (nSPS) is 14.5. The van der Waals surface area contributed by atoms with Crippen molar-refractivity contribution in [3.8, 4) is 0 Å². The van der Waals surface area contributed by atoms with Gasteiger partial charge in [0, 0.05) is 6.42 Å². The molecule has 0 fully saturated rings. The van der Waals surface area contributed by atoms with Crippen LogP contribution in [0.15, 0.2) is 0 Å². The molecule has 0 N–H and O–H groups in total. The average molecular weight is 326 g/mol. The van der Waals surface area contributed by atoms with Gasteiger partial charge in [-0.15, -0.1) is 0 Å². The molecule has 0 aliphatic carbocycles. The standard InChI is InChI=1S/C11H16F6O2S/c1-8(2,6-5-7(18)20-19-4)9(3,10(12,13)14)11(15,16)17/h5-6H2,1-4H3. The summed E-state index contributed by atoms with van der Waals surface area (Å²) in [5, 5.41) is -0.618. The van der Waals surface area contributed by atoms with Crippen LogP contribution in [0.5, 0.6) is 0 Å². The fourth-order valence-corrected chi connectivity index (χ4v) is 2.10. The summed E-state index contributed by atoms with van der Waals surface area (Å²) in [4.78, 5) is 11.2. The summed E-state index contributed by atoms with van der Waals surface area (Å²) < 4.78 is 82.0. The fourth-order valence-electron chi connectivity index (χ4n) is 1.73. The number of carbonyl (C=O) groups is 1. The lowest BCUT2D eigenvalue weighted by atomic mass is 9.63. The van der Waals surface area contributed by atoms with Crippen LogP contribution in [-0.4, -0.2) is 24.6 Å². The van der Waals surface area contributed by atoms with Gasteiger partial charge in [0.25, 0.3) is 0 Å². The quantitative estimate of drug-likeness (QED) is 0.539. The van der Waals surface area contributed by atoms with Crippen LogP contribution >= 0.6 is 12.0 Å². The van der Waals surface area contributed by atoms with E-state index in [2.05, 4.69) is 4.18 Å². The van der Waals surface area contributed by atoms with E-state index >= 15 is 0 Å². The van der Waals surface area contributed by atoms with Gasteiger partial charge in [-0.2, -0.15) is 26.3 Å². The third-order valence-electron chi connectivity index (χ3n) is 3.62. The van der Waals surface area contributed by atoms with E-state index in [0.29, 0.717) is 12.0 Å². The first-order valence-corrected chi connectivity index (χ1v) is 6.32. The van der Waals surface area contributed by atoms with Gasteiger partial charge in [0.2, 0.25) is 5.12 Å². The van der Waals surface area contributed by atoms with Crippen molar-refractivity contribution in [2.75, 3.05) is 7.11 Å². The zero-order chi connectivity index (χ0) is 16.4. The van der Waals surface area contributed by atoms with Gasteiger partial charge in [0.15, 0.2) is 5.41 Å². The zero-order valence-corrected chi connectivity index (χ0v) is 12.2. The molecule has 0 amide bonds. The van der Waals surface area contributed by atoms with Crippen molar-refractivity contribution < 1.29 is 35.3 Å². The van der Waals surface area contributed by atoms with Crippen LogP contribution in [0.2, 0.25) is 0 Å². The van der Waals surface area contributed by atoms with Crippen LogP contribution in [0.4, 0.5) is 26.3 Å². The molecule has 0 atom stereocenters. The van der Waals surface area contributed by atoms with Crippen molar-refractivity contribution in [2.45, 2.75) is 46.0 Å². The second kappa shape index (κ2) is 6.13. The van der Waals surface area contributed by atoms with Crippen molar-refractivity contribution in [3.63, 3.8) is 0 Å². The lowest BCUT2D eigenvalue weighted by molar-refractivity contribution is -0.367. The number of hydrogen-bond donors (Lipinski definition) is 0. The van der Waals surface area contributed by atoms with E-state index in [1.807, 2.05) is 0 Å². The lowest BCUT2D eigenvalue weighted by Crippen LogP contribution is -2.56. The van der Waals surface area contributed by atoms with Crippen molar-refractivity contribution in [1.82, 2.24) is 0 Å². The first-order valence-electron chi connectivity index (χ1n) is 5.57. The van der Waals surface area contributed by atoms with E-state index in [0.717, 1.165) is 13.8 Å². The summed E-state index contributed by atoms with van der Waals surface area (Å²) >= 11 is 0.396. The Morgan fingerprint density at radius 3 is 1.70 bits per heavy atom. The van der Waals surface area contributed by atoms with Gasteiger partial charge in [-0.3, -0.25) is 4.79 Å². The SMILES string of the molecule is COSC(=O)CCC(C)(C)C(C)(C(F)(F)F)C(F)(F)F. The molecule has 0 aromatic heterocycles. The molecule has 2 nitrogen and oxygen atoms in total. The fraction of sp³-hybridized carbons (Fsp3) is 0.909. The zero-order valence-electron chi connectivity index (χ0n) is 11.4.